The normalized spacial score (nSPS) is 22.4. The van der Waals surface area contributed by atoms with Gasteiger partial charge in [-0.1, -0.05) is 23.2 Å². The highest BCUT2D eigenvalue weighted by Gasteiger charge is 2.43. The Morgan fingerprint density at radius 1 is 1.15 bits per heavy atom. The lowest BCUT2D eigenvalue weighted by molar-refractivity contribution is -0.135. The second kappa shape index (κ2) is 9.43. The summed E-state index contributed by atoms with van der Waals surface area (Å²) in [6.07, 6.45) is 6.27. The van der Waals surface area contributed by atoms with E-state index < -0.39 is 15.6 Å². The number of piperidine rings is 1. The number of carbonyl (C=O) groups excluding carboxylic acids is 1. The molecule has 11 heteroatoms. The van der Waals surface area contributed by atoms with Crippen LogP contribution in [0.4, 0.5) is 11.5 Å². The van der Waals surface area contributed by atoms with Gasteiger partial charge in [0, 0.05) is 23.1 Å². The number of hydrogen-bond acceptors (Lipinski definition) is 6. The Labute approximate surface area is 210 Å². The van der Waals surface area contributed by atoms with Gasteiger partial charge in [-0.2, -0.15) is 0 Å². The number of ether oxygens (including phenoxy) is 1. The van der Waals surface area contributed by atoms with Gasteiger partial charge in [0.1, 0.15) is 11.6 Å². The molecule has 1 aromatic carbocycles. The number of sulfonamides is 1. The van der Waals surface area contributed by atoms with Gasteiger partial charge in [-0.3, -0.25) is 9.52 Å². The van der Waals surface area contributed by atoms with Crippen LogP contribution in [-0.2, 0) is 14.8 Å². The summed E-state index contributed by atoms with van der Waals surface area (Å²) in [4.78, 5) is 19.8. The van der Waals surface area contributed by atoms with E-state index in [1.165, 1.54) is 6.20 Å². The number of pyridine rings is 1. The molecule has 2 saturated heterocycles. The zero-order valence-electron chi connectivity index (χ0n) is 19.2. The van der Waals surface area contributed by atoms with Crippen molar-refractivity contribution in [3.8, 4) is 5.75 Å². The van der Waals surface area contributed by atoms with E-state index in [0.29, 0.717) is 21.5 Å². The van der Waals surface area contributed by atoms with Crippen LogP contribution >= 0.6 is 23.2 Å². The van der Waals surface area contributed by atoms with Crippen LogP contribution in [0.25, 0.3) is 0 Å². The Morgan fingerprint density at radius 3 is 2.38 bits per heavy atom. The van der Waals surface area contributed by atoms with Crippen molar-refractivity contribution in [2.24, 2.45) is 0 Å². The molecule has 0 aliphatic carbocycles. The van der Waals surface area contributed by atoms with E-state index in [4.69, 9.17) is 27.9 Å². The van der Waals surface area contributed by atoms with Crippen molar-refractivity contribution in [2.45, 2.75) is 63.3 Å². The molecule has 4 rings (SSSR count). The zero-order chi connectivity index (χ0) is 24.7. The minimum atomic E-state index is -3.35. The first kappa shape index (κ1) is 24.9. The molecule has 0 saturated carbocycles. The number of carbonyl (C=O) groups is 1. The lowest BCUT2D eigenvalue weighted by atomic mass is 9.96. The van der Waals surface area contributed by atoms with Crippen LogP contribution in [0.5, 0.6) is 5.75 Å². The molecular weight excluding hydrogens is 499 g/mol. The summed E-state index contributed by atoms with van der Waals surface area (Å²) in [5, 5.41) is 4.01. The average molecular weight is 527 g/mol. The van der Waals surface area contributed by atoms with Crippen LogP contribution in [-0.4, -0.2) is 49.3 Å². The monoisotopic (exact) mass is 526 g/mol. The molecule has 3 heterocycles. The molecule has 2 aliphatic heterocycles. The van der Waals surface area contributed by atoms with E-state index in [0.717, 1.165) is 37.8 Å². The second-order valence-corrected chi connectivity index (χ2v) is 12.0. The Hall–Kier alpha value is -2.23. The van der Waals surface area contributed by atoms with Crippen molar-refractivity contribution in [1.29, 1.82) is 0 Å². The standard InChI is InChI=1S/C23H28Cl2N4O4S/c1-23(2,33-20-8-4-14(24)10-19(20)25)22(30)27-16-11-17-6-7-18(12-16)29(17)21-9-5-15(13-26-21)28-34(3,31)32/h4-5,8-10,13,16-18,28H,6-7,11-12H2,1-3H3,(H,27,30)/t16?,17-,18+. The van der Waals surface area contributed by atoms with Crippen molar-refractivity contribution in [3.63, 3.8) is 0 Å². The van der Waals surface area contributed by atoms with E-state index in [1.807, 2.05) is 6.07 Å². The molecule has 2 bridgehead atoms. The lowest BCUT2D eigenvalue weighted by Gasteiger charge is -2.40. The highest BCUT2D eigenvalue weighted by atomic mass is 35.5. The number of amides is 1. The fourth-order valence-corrected chi connectivity index (χ4v) is 5.72. The summed E-state index contributed by atoms with van der Waals surface area (Å²) in [5.74, 6) is 1.02. The van der Waals surface area contributed by atoms with Gasteiger partial charge in [-0.25, -0.2) is 13.4 Å². The first-order valence-electron chi connectivity index (χ1n) is 11.1. The number of anilines is 2. The Morgan fingerprint density at radius 2 is 1.82 bits per heavy atom. The smallest absolute Gasteiger partial charge is 0.263 e. The Kier molecular flexibility index (Phi) is 6.90. The fourth-order valence-electron chi connectivity index (χ4n) is 4.72. The van der Waals surface area contributed by atoms with Gasteiger partial charge in [-0.15, -0.1) is 0 Å². The van der Waals surface area contributed by atoms with Crippen LogP contribution < -0.4 is 19.7 Å². The summed E-state index contributed by atoms with van der Waals surface area (Å²) >= 11 is 12.2. The van der Waals surface area contributed by atoms with E-state index in [2.05, 4.69) is 19.9 Å². The number of halogens is 2. The van der Waals surface area contributed by atoms with Gasteiger partial charge >= 0.3 is 0 Å². The summed E-state index contributed by atoms with van der Waals surface area (Å²) in [5.41, 5.74) is -0.679. The minimum Gasteiger partial charge on any atom is -0.476 e. The molecule has 3 atom stereocenters. The van der Waals surface area contributed by atoms with Crippen LogP contribution in [0.3, 0.4) is 0 Å². The number of hydrogen-bond donors (Lipinski definition) is 2. The molecule has 2 aromatic rings. The number of benzene rings is 1. The summed E-state index contributed by atoms with van der Waals surface area (Å²) in [6, 6.07) is 8.99. The zero-order valence-corrected chi connectivity index (χ0v) is 21.5. The molecular formula is C23H28Cl2N4O4S. The highest BCUT2D eigenvalue weighted by Crippen LogP contribution is 2.39. The summed E-state index contributed by atoms with van der Waals surface area (Å²) in [6.45, 7) is 3.43. The average Bonchev–Trinajstić information content (AvgIpc) is 3.00. The van der Waals surface area contributed by atoms with Crippen LogP contribution in [0, 0.1) is 0 Å². The largest absolute Gasteiger partial charge is 0.476 e. The number of fused-ring (bicyclic) bond motifs is 2. The van der Waals surface area contributed by atoms with Crippen molar-refractivity contribution < 1.29 is 17.9 Å². The molecule has 0 spiro atoms. The molecule has 0 radical (unpaired) electrons. The van der Waals surface area contributed by atoms with Crippen LogP contribution in [0.1, 0.15) is 39.5 Å². The highest BCUT2D eigenvalue weighted by molar-refractivity contribution is 7.92. The minimum absolute atomic E-state index is 0.0241. The summed E-state index contributed by atoms with van der Waals surface area (Å²) < 4.78 is 31.2. The Bertz CT molecular complexity index is 1160. The maximum absolute atomic E-state index is 13.1. The molecule has 1 unspecified atom stereocenters. The van der Waals surface area contributed by atoms with E-state index in [-0.39, 0.29) is 24.0 Å². The van der Waals surface area contributed by atoms with Crippen molar-refractivity contribution in [1.82, 2.24) is 10.3 Å². The molecule has 2 aliphatic rings. The van der Waals surface area contributed by atoms with Gasteiger partial charge < -0.3 is 15.0 Å². The van der Waals surface area contributed by atoms with Crippen LogP contribution in [0.15, 0.2) is 36.5 Å². The fraction of sp³-hybridized carbons (Fsp3) is 0.478. The molecule has 1 aromatic heterocycles. The topological polar surface area (TPSA) is 101 Å². The van der Waals surface area contributed by atoms with Crippen molar-refractivity contribution >= 4 is 50.6 Å². The van der Waals surface area contributed by atoms with Gasteiger partial charge in [0.05, 0.1) is 23.2 Å². The second-order valence-electron chi connectivity index (χ2n) is 9.40. The number of nitrogens with zero attached hydrogens (tertiary/aromatic N) is 2. The summed E-state index contributed by atoms with van der Waals surface area (Å²) in [7, 11) is -3.35. The van der Waals surface area contributed by atoms with Gasteiger partial charge in [0.25, 0.3) is 5.91 Å². The molecule has 2 N–H and O–H groups in total. The molecule has 184 valence electrons. The first-order valence-corrected chi connectivity index (χ1v) is 13.7. The predicted molar refractivity (Wildman–Crippen MR) is 134 cm³/mol. The number of rotatable bonds is 7. The molecule has 2 fully saturated rings. The maximum atomic E-state index is 13.1. The SMILES string of the molecule is CC(C)(Oc1ccc(Cl)cc1Cl)C(=O)NC1C[C@H]2CC[C@@H](C1)N2c1ccc(NS(C)(=O)=O)cn1. The molecule has 1 amide bonds. The third kappa shape index (κ3) is 5.70. The third-order valence-corrected chi connectivity index (χ3v) is 7.33. The van der Waals surface area contributed by atoms with E-state index in [9.17, 15) is 13.2 Å². The number of nitrogens with one attached hydrogen (secondary N) is 2. The first-order chi connectivity index (χ1) is 15.9. The van der Waals surface area contributed by atoms with Gasteiger partial charge in [0.15, 0.2) is 5.60 Å². The van der Waals surface area contributed by atoms with E-state index in [1.54, 1.807) is 38.1 Å². The number of aromatic nitrogens is 1. The predicted octanol–water partition coefficient (Wildman–Crippen LogP) is 4.23. The van der Waals surface area contributed by atoms with Crippen molar-refractivity contribution in [3.05, 3.63) is 46.6 Å². The molecule has 34 heavy (non-hydrogen) atoms. The molecule has 8 nitrogen and oxygen atoms in total. The lowest BCUT2D eigenvalue weighted by Crippen LogP contribution is -2.55. The van der Waals surface area contributed by atoms with Crippen molar-refractivity contribution in [2.75, 3.05) is 15.9 Å². The van der Waals surface area contributed by atoms with Gasteiger partial charge in [0.2, 0.25) is 10.0 Å². The van der Waals surface area contributed by atoms with Crippen LogP contribution in [0.2, 0.25) is 10.0 Å². The van der Waals surface area contributed by atoms with E-state index >= 15 is 0 Å². The van der Waals surface area contributed by atoms with Gasteiger partial charge in [-0.05, 0) is 69.9 Å². The Balaban J connectivity index is 1.39. The maximum Gasteiger partial charge on any atom is 0.263 e. The quantitative estimate of drug-likeness (QED) is 0.559. The third-order valence-electron chi connectivity index (χ3n) is 6.19.